The summed E-state index contributed by atoms with van der Waals surface area (Å²) in [5.74, 6) is 1.13. The fourth-order valence-corrected chi connectivity index (χ4v) is 6.31. The van der Waals surface area contributed by atoms with Crippen molar-refractivity contribution in [1.82, 2.24) is 24.1 Å². The molecule has 0 spiro atoms. The molecule has 0 radical (unpaired) electrons. The number of amides is 1. The van der Waals surface area contributed by atoms with Gasteiger partial charge in [0.05, 0.1) is 28.6 Å². The van der Waals surface area contributed by atoms with Crippen molar-refractivity contribution in [2.75, 3.05) is 6.54 Å². The van der Waals surface area contributed by atoms with Gasteiger partial charge in [-0.1, -0.05) is 0 Å². The van der Waals surface area contributed by atoms with Crippen LogP contribution in [-0.2, 0) is 6.54 Å². The van der Waals surface area contributed by atoms with Crippen LogP contribution in [0.5, 0.6) is 0 Å². The summed E-state index contributed by atoms with van der Waals surface area (Å²) in [6.45, 7) is 5.49. The number of likely N-dealkylation sites (tertiary alicyclic amines) is 1. The molecule has 8 heteroatoms. The van der Waals surface area contributed by atoms with Crippen molar-refractivity contribution in [3.63, 3.8) is 0 Å². The Kier molecular flexibility index (Phi) is 4.82. The van der Waals surface area contributed by atoms with Crippen molar-refractivity contribution in [1.29, 1.82) is 0 Å². The average Bonchev–Trinajstić information content (AvgIpc) is 3.29. The standard InChI is InChI=1S/C28H32N6O2/c1-15-22-9-7-20(28(36)33-13-19-6-10-23(33)25(19)29)14-34(22)31-26(15)24-11-18-5-8-21(16(2)35)30-27(18)32(24)12-17-3-4-17/h5,7-9,11,14,16-17,19,23,25,35H,3-4,6,10,12-13,29H2,1-2H3/t16?,19?,23?,25-/m1/s1. The van der Waals surface area contributed by atoms with Crippen molar-refractivity contribution < 1.29 is 9.90 Å². The first-order valence-corrected chi connectivity index (χ1v) is 13.1. The third-order valence-corrected chi connectivity index (χ3v) is 8.61. The van der Waals surface area contributed by atoms with E-state index in [1.165, 1.54) is 12.8 Å². The zero-order valence-corrected chi connectivity index (χ0v) is 20.8. The SMILES string of the molecule is Cc1c(-c2cc3ccc(C(C)O)nc3n2CC2CC2)nn2cc(C(=O)N3CC4CCC3[C@@H]4N)ccc12. The van der Waals surface area contributed by atoms with Gasteiger partial charge in [-0.25, -0.2) is 9.50 Å². The zero-order valence-electron chi connectivity index (χ0n) is 20.8. The van der Waals surface area contributed by atoms with Gasteiger partial charge in [0.2, 0.25) is 0 Å². The molecular formula is C28H32N6O2. The van der Waals surface area contributed by atoms with Crippen molar-refractivity contribution in [2.45, 2.75) is 64.3 Å². The molecule has 1 amide bonds. The van der Waals surface area contributed by atoms with Gasteiger partial charge in [-0.3, -0.25) is 4.79 Å². The first kappa shape index (κ1) is 22.0. The van der Waals surface area contributed by atoms with Gasteiger partial charge in [0.1, 0.15) is 11.3 Å². The maximum Gasteiger partial charge on any atom is 0.255 e. The highest BCUT2D eigenvalue weighted by Crippen LogP contribution is 2.39. The molecular weight excluding hydrogens is 452 g/mol. The van der Waals surface area contributed by atoms with Gasteiger partial charge >= 0.3 is 0 Å². The lowest BCUT2D eigenvalue weighted by Crippen LogP contribution is -2.41. The minimum atomic E-state index is -0.615. The van der Waals surface area contributed by atoms with Crippen LogP contribution in [0.4, 0.5) is 0 Å². The Balaban J connectivity index is 1.30. The first-order valence-electron chi connectivity index (χ1n) is 13.1. The maximum absolute atomic E-state index is 13.4. The third kappa shape index (κ3) is 3.31. The topological polar surface area (TPSA) is 102 Å². The summed E-state index contributed by atoms with van der Waals surface area (Å²) in [6, 6.07) is 10.3. The average molecular weight is 485 g/mol. The van der Waals surface area contributed by atoms with Crippen LogP contribution < -0.4 is 5.73 Å². The number of carbonyl (C=O) groups is 1. The number of fused-ring (bicyclic) bond motifs is 4. The van der Waals surface area contributed by atoms with Crippen LogP contribution in [-0.4, -0.2) is 53.7 Å². The summed E-state index contributed by atoms with van der Waals surface area (Å²) >= 11 is 0. The number of aliphatic hydroxyl groups is 1. The van der Waals surface area contributed by atoms with Gasteiger partial charge in [-0.2, -0.15) is 5.10 Å². The third-order valence-electron chi connectivity index (χ3n) is 8.61. The Labute approximate surface area is 209 Å². The Hall–Kier alpha value is -3.23. The molecule has 2 bridgehead atoms. The lowest BCUT2D eigenvalue weighted by molar-refractivity contribution is 0.0700. The number of nitrogens with two attached hydrogens (primary N) is 1. The van der Waals surface area contributed by atoms with Gasteiger partial charge in [0, 0.05) is 42.3 Å². The summed E-state index contributed by atoms with van der Waals surface area (Å²) in [7, 11) is 0. The summed E-state index contributed by atoms with van der Waals surface area (Å²) < 4.78 is 4.11. The Morgan fingerprint density at radius 2 is 2.03 bits per heavy atom. The Morgan fingerprint density at radius 1 is 1.19 bits per heavy atom. The minimum Gasteiger partial charge on any atom is -0.387 e. The van der Waals surface area contributed by atoms with Gasteiger partial charge in [0.15, 0.2) is 0 Å². The maximum atomic E-state index is 13.4. The number of aryl methyl sites for hydroxylation is 1. The second kappa shape index (κ2) is 7.88. The summed E-state index contributed by atoms with van der Waals surface area (Å²) in [5.41, 5.74) is 12.6. The van der Waals surface area contributed by atoms with Gasteiger partial charge in [0.25, 0.3) is 5.91 Å². The number of rotatable bonds is 5. The second-order valence-electron chi connectivity index (χ2n) is 11.1. The number of nitrogens with zero attached hydrogens (tertiary/aromatic N) is 5. The second-order valence-corrected chi connectivity index (χ2v) is 11.1. The molecule has 1 aliphatic heterocycles. The summed E-state index contributed by atoms with van der Waals surface area (Å²) in [6.07, 6.45) is 5.83. The van der Waals surface area contributed by atoms with Gasteiger partial charge in [-0.15, -0.1) is 0 Å². The largest absolute Gasteiger partial charge is 0.387 e. The van der Waals surface area contributed by atoms with E-state index < -0.39 is 6.10 Å². The molecule has 4 atom stereocenters. The molecule has 8 nitrogen and oxygen atoms in total. The van der Waals surface area contributed by atoms with E-state index in [1.807, 2.05) is 39.9 Å². The highest BCUT2D eigenvalue weighted by Gasteiger charge is 2.46. The van der Waals surface area contributed by atoms with E-state index in [0.29, 0.717) is 23.1 Å². The van der Waals surface area contributed by atoms with E-state index in [1.54, 1.807) is 6.92 Å². The number of hydrogen-bond donors (Lipinski definition) is 2. The molecule has 186 valence electrons. The van der Waals surface area contributed by atoms with E-state index in [4.69, 9.17) is 15.8 Å². The van der Waals surface area contributed by atoms with Crippen LogP contribution >= 0.6 is 0 Å². The molecule has 4 aromatic heterocycles. The normalized spacial score (nSPS) is 24.3. The number of aromatic nitrogens is 4. The molecule has 4 aromatic rings. The number of piperidine rings is 1. The molecule has 3 unspecified atom stereocenters. The number of hydrogen-bond acceptors (Lipinski definition) is 5. The Morgan fingerprint density at radius 3 is 2.72 bits per heavy atom. The highest BCUT2D eigenvalue weighted by molar-refractivity contribution is 5.95. The van der Waals surface area contributed by atoms with Crippen molar-refractivity contribution in [2.24, 2.45) is 17.6 Å². The minimum absolute atomic E-state index is 0.0481. The van der Waals surface area contributed by atoms with Gasteiger partial charge < -0.3 is 20.3 Å². The van der Waals surface area contributed by atoms with Crippen LogP contribution in [0.2, 0.25) is 0 Å². The molecule has 2 saturated carbocycles. The highest BCUT2D eigenvalue weighted by atomic mass is 16.3. The van der Waals surface area contributed by atoms with Crippen molar-refractivity contribution in [3.05, 3.63) is 53.3 Å². The molecule has 0 aromatic carbocycles. The number of pyridine rings is 2. The van der Waals surface area contributed by atoms with Crippen LogP contribution in [0.25, 0.3) is 27.9 Å². The molecule has 1 saturated heterocycles. The van der Waals surface area contributed by atoms with E-state index in [-0.39, 0.29) is 18.0 Å². The molecule has 3 N–H and O–H groups in total. The number of aliphatic hydroxyl groups excluding tert-OH is 1. The smallest absolute Gasteiger partial charge is 0.255 e. The van der Waals surface area contributed by atoms with Crippen LogP contribution in [0.15, 0.2) is 36.5 Å². The number of carbonyl (C=O) groups excluding carboxylic acids is 1. The summed E-state index contributed by atoms with van der Waals surface area (Å²) in [5, 5.41) is 16.1. The first-order chi connectivity index (χ1) is 17.4. The predicted molar refractivity (Wildman–Crippen MR) is 138 cm³/mol. The molecule has 36 heavy (non-hydrogen) atoms. The molecule has 3 aliphatic rings. The lowest BCUT2D eigenvalue weighted by Gasteiger charge is -2.27. The van der Waals surface area contributed by atoms with Crippen LogP contribution in [0.3, 0.4) is 0 Å². The van der Waals surface area contributed by atoms with Crippen molar-refractivity contribution >= 4 is 22.5 Å². The van der Waals surface area contributed by atoms with E-state index in [9.17, 15) is 9.90 Å². The fourth-order valence-electron chi connectivity index (χ4n) is 6.31. The monoisotopic (exact) mass is 484 g/mol. The fraction of sp³-hybridized carbons (Fsp3) is 0.464. The van der Waals surface area contributed by atoms with Crippen molar-refractivity contribution in [3.8, 4) is 11.4 Å². The molecule has 5 heterocycles. The van der Waals surface area contributed by atoms with Crippen LogP contribution in [0, 0.1) is 18.8 Å². The van der Waals surface area contributed by atoms with E-state index in [2.05, 4.69) is 17.6 Å². The molecule has 2 aliphatic carbocycles. The molecule has 3 fully saturated rings. The molecule has 7 rings (SSSR count). The Bertz CT molecular complexity index is 1510. The zero-order chi connectivity index (χ0) is 24.7. The lowest BCUT2D eigenvalue weighted by atomic mass is 10.1. The van der Waals surface area contributed by atoms with E-state index >= 15 is 0 Å². The van der Waals surface area contributed by atoms with E-state index in [0.717, 1.165) is 59.4 Å². The summed E-state index contributed by atoms with van der Waals surface area (Å²) in [4.78, 5) is 20.1. The predicted octanol–water partition coefficient (Wildman–Crippen LogP) is 3.68. The van der Waals surface area contributed by atoms with Gasteiger partial charge in [-0.05, 0) is 81.7 Å². The quantitative estimate of drug-likeness (QED) is 0.450. The van der Waals surface area contributed by atoms with Crippen LogP contribution in [0.1, 0.15) is 60.3 Å².